The summed E-state index contributed by atoms with van der Waals surface area (Å²) < 4.78 is 6.20. The second-order valence-electron chi connectivity index (χ2n) is 11.7. The predicted molar refractivity (Wildman–Crippen MR) is 161 cm³/mol. The average Bonchev–Trinajstić information content (AvgIpc) is 3.83. The first-order valence-electron chi connectivity index (χ1n) is 14.4. The second-order valence-corrected chi connectivity index (χ2v) is 12.6. The molecule has 1 aliphatic heterocycles. The monoisotopic (exact) mass is 669 g/mol. The van der Waals surface area contributed by atoms with Crippen LogP contribution in [-0.2, 0) is 9.59 Å². The molecule has 3 fully saturated rings. The Morgan fingerprint density at radius 3 is 1.91 bits per heavy atom. The number of ether oxygens (including phenoxy) is 1. The number of ketones is 1. The highest BCUT2D eigenvalue weighted by Gasteiger charge is 2.68. The molecule has 0 N–H and O–H groups in total. The van der Waals surface area contributed by atoms with Crippen molar-refractivity contribution in [1.29, 1.82) is 0 Å². The Bertz CT molecular complexity index is 1770. The molecular weight excluding hydrogens is 646 g/mol. The molecule has 6 atom stereocenters. The number of allylic oxidation sites excluding steroid dienone is 2. The predicted octanol–water partition coefficient (Wildman–Crippen LogP) is 4.87. The van der Waals surface area contributed by atoms with E-state index < -0.39 is 52.8 Å². The number of non-ortho nitro benzene ring substituents is 1. The van der Waals surface area contributed by atoms with Crippen LogP contribution in [0.25, 0.3) is 0 Å². The Morgan fingerprint density at radius 1 is 0.822 bits per heavy atom. The summed E-state index contributed by atoms with van der Waals surface area (Å²) in [4.78, 5) is 78.1. The largest absolute Gasteiger partial charge is 0.423 e. The fourth-order valence-electron chi connectivity index (χ4n) is 6.98. The topological polar surface area (TPSA) is 144 Å². The van der Waals surface area contributed by atoms with Gasteiger partial charge < -0.3 is 4.74 Å². The highest BCUT2D eigenvalue weighted by Crippen LogP contribution is 2.65. The number of imide groups is 1. The van der Waals surface area contributed by atoms with Crippen molar-refractivity contribution in [3.8, 4) is 5.75 Å². The average molecular weight is 670 g/mol. The lowest BCUT2D eigenvalue weighted by molar-refractivity contribution is -0.384. The van der Waals surface area contributed by atoms with Gasteiger partial charge in [-0.3, -0.25) is 29.3 Å². The molecule has 5 aliphatic rings. The third kappa shape index (κ3) is 4.95. The van der Waals surface area contributed by atoms with Crippen molar-refractivity contribution in [2.75, 3.05) is 6.54 Å². The van der Waals surface area contributed by atoms with Gasteiger partial charge in [-0.05, 0) is 90.8 Å². The number of nitro groups is 1. The van der Waals surface area contributed by atoms with Crippen molar-refractivity contribution in [2.45, 2.75) is 6.42 Å². The number of Topliss-reactive ketones (excluding diaryl/α,β-unsaturated/α-hetero) is 1. The molecule has 3 aromatic carbocycles. The number of benzene rings is 3. The van der Waals surface area contributed by atoms with E-state index in [9.17, 15) is 34.1 Å². The van der Waals surface area contributed by atoms with Crippen LogP contribution in [0.15, 0.2) is 89.4 Å². The summed E-state index contributed by atoms with van der Waals surface area (Å²) in [5.41, 5.74) is 0.221. The summed E-state index contributed by atoms with van der Waals surface area (Å²) >= 11 is 3.31. The molecule has 0 radical (unpaired) electrons. The third-order valence-corrected chi connectivity index (χ3v) is 9.73. The Labute approximate surface area is 264 Å². The highest BCUT2D eigenvalue weighted by molar-refractivity contribution is 9.10. The number of amides is 3. The van der Waals surface area contributed by atoms with E-state index in [4.69, 9.17) is 4.74 Å². The van der Waals surface area contributed by atoms with Crippen LogP contribution in [0.3, 0.4) is 0 Å². The van der Waals surface area contributed by atoms with Gasteiger partial charge in [-0.2, -0.15) is 5.01 Å². The van der Waals surface area contributed by atoms with Crippen molar-refractivity contribution in [1.82, 2.24) is 10.0 Å². The Morgan fingerprint density at radius 2 is 1.36 bits per heavy atom. The van der Waals surface area contributed by atoms with Crippen LogP contribution in [0.2, 0.25) is 0 Å². The molecule has 2 bridgehead atoms. The maximum absolute atomic E-state index is 13.9. The number of esters is 1. The number of carbonyl (C=O) groups is 5. The van der Waals surface area contributed by atoms with Crippen LogP contribution in [0, 0.1) is 45.6 Å². The van der Waals surface area contributed by atoms with Gasteiger partial charge in [0.05, 0.1) is 22.3 Å². The number of hydrazine groups is 1. The number of carbonyl (C=O) groups excluding carboxylic acids is 5. The fraction of sp³-hybridized carbons (Fsp3) is 0.242. The maximum Gasteiger partial charge on any atom is 0.343 e. The number of hydrogen-bond acceptors (Lipinski definition) is 8. The van der Waals surface area contributed by atoms with E-state index in [1.54, 1.807) is 24.3 Å². The first-order valence-corrected chi connectivity index (χ1v) is 15.1. The second kappa shape index (κ2) is 10.9. The lowest BCUT2D eigenvalue weighted by atomic mass is 9.63. The van der Waals surface area contributed by atoms with Gasteiger partial charge in [-0.25, -0.2) is 9.80 Å². The minimum absolute atomic E-state index is 0.0250. The lowest BCUT2D eigenvalue weighted by Gasteiger charge is -2.37. The molecule has 2 saturated carbocycles. The standard InChI is InChI=1S/C33H24BrN3O8/c34-20-7-1-19(2-8-20)33(42)45-22-11-5-17(6-12-22)27(38)16-35(30(39)18-3-9-21(10-4-18)37(43)44)36-31(40)28-23-13-14-24(26-15-25(23)26)29(28)32(36)41/h1-14,23-26,28-29H,15-16H2/t23-,24-,25-,26-,28-,29+/m0/s1. The fourth-order valence-corrected chi connectivity index (χ4v) is 7.24. The minimum Gasteiger partial charge on any atom is -0.423 e. The summed E-state index contributed by atoms with van der Waals surface area (Å²) in [5.74, 6) is -3.53. The van der Waals surface area contributed by atoms with Gasteiger partial charge in [0.2, 0.25) is 0 Å². The molecule has 8 rings (SSSR count). The summed E-state index contributed by atoms with van der Waals surface area (Å²) in [6.45, 7) is -0.639. The van der Waals surface area contributed by atoms with Gasteiger partial charge in [-0.1, -0.05) is 28.1 Å². The van der Waals surface area contributed by atoms with E-state index in [1.165, 1.54) is 36.4 Å². The minimum atomic E-state index is -0.816. The molecule has 226 valence electrons. The molecule has 3 amide bonds. The molecule has 0 unspecified atom stereocenters. The molecule has 11 nitrogen and oxygen atoms in total. The van der Waals surface area contributed by atoms with Crippen LogP contribution in [0.1, 0.15) is 37.5 Å². The summed E-state index contributed by atoms with van der Waals surface area (Å²) in [5, 5.41) is 12.8. The van der Waals surface area contributed by atoms with E-state index in [1.807, 2.05) is 12.2 Å². The van der Waals surface area contributed by atoms with E-state index in [-0.39, 0.29) is 34.4 Å². The van der Waals surface area contributed by atoms with Gasteiger partial charge in [0.1, 0.15) is 12.3 Å². The smallest absolute Gasteiger partial charge is 0.343 e. The molecule has 3 aromatic rings. The van der Waals surface area contributed by atoms with E-state index >= 15 is 0 Å². The third-order valence-electron chi connectivity index (χ3n) is 9.20. The highest BCUT2D eigenvalue weighted by atomic mass is 79.9. The molecule has 45 heavy (non-hydrogen) atoms. The van der Waals surface area contributed by atoms with E-state index in [2.05, 4.69) is 15.9 Å². The zero-order valence-corrected chi connectivity index (χ0v) is 25.0. The number of halogens is 1. The van der Waals surface area contributed by atoms with Gasteiger partial charge >= 0.3 is 5.97 Å². The van der Waals surface area contributed by atoms with Gasteiger partial charge in [0.15, 0.2) is 5.78 Å². The number of rotatable bonds is 8. The molecule has 0 aromatic heterocycles. The molecule has 1 saturated heterocycles. The molecular formula is C33H24BrN3O8. The van der Waals surface area contributed by atoms with Crippen LogP contribution in [-0.4, -0.2) is 51.0 Å². The zero-order chi connectivity index (χ0) is 31.6. The number of nitrogens with zero attached hydrogens (tertiary/aromatic N) is 3. The van der Waals surface area contributed by atoms with E-state index in [0.717, 1.165) is 33.0 Å². The SMILES string of the molecule is O=C(CN(C(=O)c1ccc([N+](=O)[O-])cc1)N1C(=O)[C@@H]2[C@H]3C=C[C@@H]([C@@H]4C[C@@H]34)[C@@H]2C1=O)c1ccc(OC(=O)c2ccc(Br)cc2)cc1. The van der Waals surface area contributed by atoms with Crippen LogP contribution >= 0.6 is 15.9 Å². The van der Waals surface area contributed by atoms with Crippen LogP contribution in [0.5, 0.6) is 5.75 Å². The van der Waals surface area contributed by atoms with Crippen LogP contribution in [0.4, 0.5) is 5.69 Å². The van der Waals surface area contributed by atoms with Crippen molar-refractivity contribution in [3.05, 3.63) is 116 Å². The van der Waals surface area contributed by atoms with Gasteiger partial charge in [0.25, 0.3) is 23.4 Å². The molecule has 4 aliphatic carbocycles. The lowest BCUT2D eigenvalue weighted by Crippen LogP contribution is -2.52. The number of nitro benzene ring substituents is 1. The number of hydrogen-bond donors (Lipinski definition) is 0. The Balaban J connectivity index is 1.14. The van der Waals surface area contributed by atoms with Gasteiger partial charge in [0, 0.05) is 27.7 Å². The van der Waals surface area contributed by atoms with Crippen molar-refractivity contribution < 1.29 is 33.6 Å². The summed E-state index contributed by atoms with van der Waals surface area (Å²) in [6.07, 6.45) is 4.98. The van der Waals surface area contributed by atoms with Crippen molar-refractivity contribution in [2.24, 2.45) is 35.5 Å². The van der Waals surface area contributed by atoms with Crippen molar-refractivity contribution >= 4 is 51.1 Å². The first-order chi connectivity index (χ1) is 21.6. The maximum atomic E-state index is 13.9. The first kappa shape index (κ1) is 28.8. The summed E-state index contributed by atoms with van der Waals surface area (Å²) in [7, 11) is 0. The zero-order valence-electron chi connectivity index (χ0n) is 23.4. The molecule has 0 spiro atoms. The van der Waals surface area contributed by atoms with Crippen LogP contribution < -0.4 is 4.74 Å². The van der Waals surface area contributed by atoms with Crippen molar-refractivity contribution in [3.63, 3.8) is 0 Å². The van der Waals surface area contributed by atoms with Gasteiger partial charge in [-0.15, -0.1) is 0 Å². The quantitative estimate of drug-likeness (QED) is 0.0628. The Kier molecular flexibility index (Phi) is 6.96. The molecule has 1 heterocycles. The van der Waals surface area contributed by atoms with E-state index in [0.29, 0.717) is 17.4 Å². The Hall–Kier alpha value is -4.97. The molecule has 12 heteroatoms. The normalized spacial score (nSPS) is 25.4. The summed E-state index contributed by atoms with van der Waals surface area (Å²) in [6, 6.07) is 17.1.